The fraction of sp³-hybridized carbons (Fsp3) is 0. The van der Waals surface area contributed by atoms with Gasteiger partial charge in [0.25, 0.3) is 0 Å². The minimum absolute atomic E-state index is 0.0785. The zero-order valence-electron chi connectivity index (χ0n) is 7.98. The van der Waals surface area contributed by atoms with E-state index in [0.717, 1.165) is 11.5 Å². The summed E-state index contributed by atoms with van der Waals surface area (Å²) >= 11 is 12.7. The molecule has 2 rings (SSSR count). The van der Waals surface area contributed by atoms with E-state index in [-0.39, 0.29) is 5.76 Å². The molecule has 2 nitrogen and oxygen atoms in total. The quantitative estimate of drug-likeness (QED) is 0.774. The molecule has 0 radical (unpaired) electrons. The molecule has 1 aliphatic rings. The summed E-state index contributed by atoms with van der Waals surface area (Å²) in [6, 6.07) is 0. The Kier molecular flexibility index (Phi) is 3.49. The lowest BCUT2D eigenvalue weighted by atomic mass is 10.2. The van der Waals surface area contributed by atoms with Gasteiger partial charge < -0.3 is 5.11 Å². The van der Waals surface area contributed by atoms with Gasteiger partial charge in [-0.1, -0.05) is 53.6 Å². The highest BCUT2D eigenvalue weighted by Crippen LogP contribution is 2.30. The molecule has 0 amide bonds. The Morgan fingerprint density at radius 1 is 1.31 bits per heavy atom. The molecule has 82 valence electrons. The third-order valence-corrected chi connectivity index (χ3v) is 3.60. The van der Waals surface area contributed by atoms with Gasteiger partial charge in [-0.05, 0) is 23.2 Å². The largest absolute Gasteiger partial charge is 0.872 e. The van der Waals surface area contributed by atoms with Crippen molar-refractivity contribution >= 4 is 40.8 Å². The van der Waals surface area contributed by atoms with Crippen LogP contribution in [0.25, 0.3) is 6.08 Å². The van der Waals surface area contributed by atoms with Crippen LogP contribution in [0, 0.1) is 0 Å². The Bertz CT molecular complexity index is 512. The van der Waals surface area contributed by atoms with Gasteiger partial charge in [0.15, 0.2) is 0 Å². The Hall–Kier alpha value is -1.03. The van der Waals surface area contributed by atoms with Crippen LogP contribution in [0.5, 0.6) is 0 Å². The van der Waals surface area contributed by atoms with Crippen LogP contribution in [0.2, 0.25) is 9.36 Å². The second-order valence-electron chi connectivity index (χ2n) is 3.03. The molecule has 5 heteroatoms. The first-order valence-electron chi connectivity index (χ1n) is 4.43. The van der Waals surface area contributed by atoms with E-state index in [1.54, 1.807) is 18.2 Å². The van der Waals surface area contributed by atoms with Crippen LogP contribution >= 0.6 is 34.7 Å². The van der Waals surface area contributed by atoms with E-state index in [4.69, 9.17) is 23.2 Å². The van der Waals surface area contributed by atoms with E-state index in [1.165, 1.54) is 6.08 Å². The minimum atomic E-state index is -0.0785. The fourth-order valence-corrected chi connectivity index (χ4v) is 2.14. The highest BCUT2D eigenvalue weighted by Gasteiger charge is 2.05. The number of hydrogen-bond acceptors (Lipinski definition) is 3. The normalized spacial score (nSPS) is 14.2. The van der Waals surface area contributed by atoms with Crippen molar-refractivity contribution in [2.24, 2.45) is 0 Å². The fourth-order valence-electron chi connectivity index (χ4n) is 1.16. The van der Waals surface area contributed by atoms with E-state index in [1.807, 2.05) is 12.2 Å². The number of halogens is 2. The van der Waals surface area contributed by atoms with Crippen LogP contribution in [-0.2, 0) is 0 Å². The van der Waals surface area contributed by atoms with E-state index in [2.05, 4.69) is 4.37 Å². The van der Waals surface area contributed by atoms with Crippen molar-refractivity contribution in [1.29, 1.82) is 0 Å². The summed E-state index contributed by atoms with van der Waals surface area (Å²) in [5.41, 5.74) is 1.17. The molecule has 0 saturated carbocycles. The highest BCUT2D eigenvalue weighted by molar-refractivity contribution is 7.11. The van der Waals surface area contributed by atoms with Crippen molar-refractivity contribution in [3.63, 3.8) is 0 Å². The second-order valence-corrected chi connectivity index (χ2v) is 4.78. The molecule has 0 N–H and O–H groups in total. The number of hydrogen-bond donors (Lipinski definition) is 0. The monoisotopic (exact) mass is 270 g/mol. The molecule has 0 atom stereocenters. The smallest absolute Gasteiger partial charge is 0.133 e. The Balaban J connectivity index is 2.22. The lowest BCUT2D eigenvalue weighted by molar-refractivity contribution is -0.295. The van der Waals surface area contributed by atoms with Crippen molar-refractivity contribution in [3.05, 3.63) is 56.8 Å². The van der Waals surface area contributed by atoms with Crippen molar-refractivity contribution < 1.29 is 5.11 Å². The standard InChI is InChI=1S/C11H7Cl2NOS/c12-10-8(14-16-11(10)13)5-6-9(15)7-3-1-2-4-7/h1-6,15H/p-1/b6-5+. The Morgan fingerprint density at radius 3 is 2.56 bits per heavy atom. The number of aromatic nitrogens is 1. The topological polar surface area (TPSA) is 36.0 Å². The summed E-state index contributed by atoms with van der Waals surface area (Å²) in [7, 11) is 0. The van der Waals surface area contributed by atoms with E-state index in [9.17, 15) is 5.11 Å². The van der Waals surface area contributed by atoms with Gasteiger partial charge in [0, 0.05) is 0 Å². The van der Waals surface area contributed by atoms with Crippen LogP contribution in [0.3, 0.4) is 0 Å². The van der Waals surface area contributed by atoms with Gasteiger partial charge in [-0.2, -0.15) is 4.37 Å². The zero-order chi connectivity index (χ0) is 11.5. The summed E-state index contributed by atoms with van der Waals surface area (Å²) < 4.78 is 4.44. The first-order chi connectivity index (χ1) is 7.68. The molecule has 0 unspecified atom stereocenters. The van der Waals surface area contributed by atoms with Gasteiger partial charge in [-0.3, -0.25) is 0 Å². The van der Waals surface area contributed by atoms with Crippen LogP contribution in [0.4, 0.5) is 0 Å². The van der Waals surface area contributed by atoms with Crippen molar-refractivity contribution in [2.45, 2.75) is 0 Å². The van der Waals surface area contributed by atoms with E-state index < -0.39 is 0 Å². The molecule has 16 heavy (non-hydrogen) atoms. The number of nitrogens with zero attached hydrogens (tertiary/aromatic N) is 1. The Labute approximate surface area is 107 Å². The van der Waals surface area contributed by atoms with Gasteiger partial charge >= 0.3 is 0 Å². The van der Waals surface area contributed by atoms with Crippen LogP contribution in [-0.4, -0.2) is 4.37 Å². The molecular formula is C11H6Cl2NOS-. The molecule has 0 bridgehead atoms. The second kappa shape index (κ2) is 4.87. The van der Waals surface area contributed by atoms with Crippen molar-refractivity contribution in [2.75, 3.05) is 0 Å². The first-order valence-corrected chi connectivity index (χ1v) is 5.96. The maximum Gasteiger partial charge on any atom is 0.133 e. The van der Waals surface area contributed by atoms with Gasteiger partial charge in [-0.15, -0.1) is 5.76 Å². The lowest BCUT2D eigenvalue weighted by Crippen LogP contribution is -2.02. The van der Waals surface area contributed by atoms with Gasteiger partial charge in [0.1, 0.15) is 4.34 Å². The molecule has 1 aromatic rings. The minimum Gasteiger partial charge on any atom is -0.872 e. The number of allylic oxidation sites excluding steroid dienone is 6. The lowest BCUT2D eigenvalue weighted by Gasteiger charge is -2.07. The summed E-state index contributed by atoms with van der Waals surface area (Å²) in [6.45, 7) is 0. The molecule has 1 heterocycles. The molecule has 1 aliphatic carbocycles. The number of rotatable bonds is 2. The average molecular weight is 271 g/mol. The third kappa shape index (κ3) is 2.38. The summed E-state index contributed by atoms with van der Waals surface area (Å²) in [4.78, 5) is 0. The molecule has 0 fully saturated rings. The van der Waals surface area contributed by atoms with Crippen molar-refractivity contribution in [1.82, 2.24) is 4.37 Å². The predicted octanol–water partition coefficient (Wildman–Crippen LogP) is 3.20. The molecular weight excluding hydrogens is 265 g/mol. The van der Waals surface area contributed by atoms with Gasteiger partial charge in [-0.25, -0.2) is 0 Å². The third-order valence-electron chi connectivity index (χ3n) is 1.96. The molecule has 0 saturated heterocycles. The molecule has 0 aliphatic heterocycles. The summed E-state index contributed by atoms with van der Waals surface area (Å²) in [5, 5.41) is 12.0. The first kappa shape index (κ1) is 11.5. The highest BCUT2D eigenvalue weighted by atomic mass is 35.5. The summed E-state index contributed by atoms with van der Waals surface area (Å²) in [6.07, 6.45) is 10.1. The molecule has 0 spiro atoms. The van der Waals surface area contributed by atoms with Crippen molar-refractivity contribution in [3.8, 4) is 0 Å². The maximum atomic E-state index is 11.6. The predicted molar refractivity (Wildman–Crippen MR) is 66.5 cm³/mol. The Morgan fingerprint density at radius 2 is 2.00 bits per heavy atom. The van der Waals surface area contributed by atoms with Gasteiger partial charge in [0.2, 0.25) is 0 Å². The van der Waals surface area contributed by atoms with E-state index >= 15 is 0 Å². The van der Waals surface area contributed by atoms with Crippen LogP contribution in [0.1, 0.15) is 5.69 Å². The summed E-state index contributed by atoms with van der Waals surface area (Å²) in [5.74, 6) is -0.0785. The molecule has 1 aromatic heterocycles. The van der Waals surface area contributed by atoms with Gasteiger partial charge in [0.05, 0.1) is 10.7 Å². The maximum absolute atomic E-state index is 11.6. The molecule has 0 aromatic carbocycles. The SMILES string of the molecule is [O-]C(/C=C/c1nsc(Cl)c1Cl)=C1C=CC=C1. The average Bonchev–Trinajstić information content (AvgIpc) is 2.89. The zero-order valence-corrected chi connectivity index (χ0v) is 10.3. The van der Waals surface area contributed by atoms with Crippen LogP contribution < -0.4 is 5.11 Å². The van der Waals surface area contributed by atoms with E-state index in [0.29, 0.717) is 20.6 Å². The van der Waals surface area contributed by atoms with Crippen LogP contribution in [0.15, 0.2) is 41.7 Å².